The van der Waals surface area contributed by atoms with Crippen molar-refractivity contribution < 1.29 is 9.53 Å². The maximum atomic E-state index is 11.7. The zero-order valence-electron chi connectivity index (χ0n) is 12.6. The van der Waals surface area contributed by atoms with Crippen molar-refractivity contribution in [2.24, 2.45) is 0 Å². The second-order valence-electron chi connectivity index (χ2n) is 4.71. The molecule has 2 N–H and O–H groups in total. The van der Waals surface area contributed by atoms with Crippen molar-refractivity contribution in [1.82, 2.24) is 15.6 Å². The van der Waals surface area contributed by atoms with E-state index in [0.29, 0.717) is 12.3 Å². The summed E-state index contributed by atoms with van der Waals surface area (Å²) in [5, 5.41) is 6.09. The third kappa shape index (κ3) is 6.02. The summed E-state index contributed by atoms with van der Waals surface area (Å²) in [7, 11) is 0. The molecule has 0 aliphatic rings. The second kappa shape index (κ2) is 9.31. The van der Waals surface area contributed by atoms with Crippen molar-refractivity contribution in [3.63, 3.8) is 0 Å². The number of rotatable bonds is 9. The summed E-state index contributed by atoms with van der Waals surface area (Å²) in [4.78, 5) is 16.0. The van der Waals surface area contributed by atoms with Crippen LogP contribution in [0.2, 0.25) is 0 Å². The van der Waals surface area contributed by atoms with E-state index in [2.05, 4.69) is 22.5 Å². The molecule has 0 saturated heterocycles. The first kappa shape index (κ1) is 16.4. The summed E-state index contributed by atoms with van der Waals surface area (Å²) in [5.41, 5.74) is 0.967. The van der Waals surface area contributed by atoms with E-state index in [-0.39, 0.29) is 5.91 Å². The van der Waals surface area contributed by atoms with Crippen LogP contribution in [0.1, 0.15) is 39.3 Å². The maximum absolute atomic E-state index is 11.7. The van der Waals surface area contributed by atoms with E-state index in [1.54, 1.807) is 13.1 Å². The van der Waals surface area contributed by atoms with Gasteiger partial charge in [-0.3, -0.25) is 9.78 Å². The number of pyridine rings is 1. The Bertz CT molecular complexity index is 393. The molecule has 1 heterocycles. The van der Waals surface area contributed by atoms with Crippen molar-refractivity contribution in [2.45, 2.75) is 46.3 Å². The van der Waals surface area contributed by atoms with Gasteiger partial charge < -0.3 is 15.4 Å². The average Bonchev–Trinajstić information content (AvgIpc) is 2.46. The van der Waals surface area contributed by atoms with Crippen LogP contribution in [0, 0.1) is 0 Å². The maximum Gasteiger partial charge on any atom is 0.260 e. The van der Waals surface area contributed by atoms with E-state index in [9.17, 15) is 4.79 Å². The quantitative estimate of drug-likeness (QED) is 0.677. The molecule has 0 aliphatic carbocycles. The number of ether oxygens (including phenoxy) is 1. The summed E-state index contributed by atoms with van der Waals surface area (Å²) in [6.07, 6.45) is 3.17. The van der Waals surface area contributed by atoms with Gasteiger partial charge in [-0.05, 0) is 38.4 Å². The van der Waals surface area contributed by atoms with Crippen LogP contribution in [0.4, 0.5) is 0 Å². The van der Waals surface area contributed by atoms with Crippen LogP contribution < -0.4 is 15.4 Å². The van der Waals surface area contributed by atoms with Gasteiger partial charge in [-0.2, -0.15) is 0 Å². The lowest BCUT2D eigenvalue weighted by molar-refractivity contribution is -0.127. The van der Waals surface area contributed by atoms with Crippen LogP contribution in [0.25, 0.3) is 0 Å². The highest BCUT2D eigenvalue weighted by molar-refractivity contribution is 5.80. The first-order chi connectivity index (χ1) is 9.67. The van der Waals surface area contributed by atoms with Crippen LogP contribution in [0.15, 0.2) is 18.3 Å². The monoisotopic (exact) mass is 279 g/mol. The Morgan fingerprint density at radius 1 is 1.30 bits per heavy atom. The molecular weight excluding hydrogens is 254 g/mol. The third-order valence-corrected chi connectivity index (χ3v) is 2.76. The van der Waals surface area contributed by atoms with E-state index >= 15 is 0 Å². The summed E-state index contributed by atoms with van der Waals surface area (Å²) in [6.45, 7) is 8.28. The molecule has 1 atom stereocenters. The van der Waals surface area contributed by atoms with Gasteiger partial charge in [0.1, 0.15) is 5.75 Å². The van der Waals surface area contributed by atoms with Gasteiger partial charge in [-0.1, -0.05) is 13.8 Å². The molecule has 112 valence electrons. The van der Waals surface area contributed by atoms with E-state index < -0.39 is 6.10 Å². The van der Waals surface area contributed by atoms with Gasteiger partial charge in [0.05, 0.1) is 11.9 Å². The molecular formula is C15H25N3O2. The topological polar surface area (TPSA) is 63.2 Å². The minimum absolute atomic E-state index is 0.0967. The summed E-state index contributed by atoms with van der Waals surface area (Å²) in [6, 6.07) is 3.76. The van der Waals surface area contributed by atoms with Gasteiger partial charge in [-0.25, -0.2) is 0 Å². The van der Waals surface area contributed by atoms with Crippen molar-refractivity contribution in [2.75, 3.05) is 13.1 Å². The van der Waals surface area contributed by atoms with E-state index in [4.69, 9.17) is 4.74 Å². The number of carbonyl (C=O) groups is 1. The van der Waals surface area contributed by atoms with Gasteiger partial charge in [0.15, 0.2) is 6.10 Å². The number of aromatic nitrogens is 1. The van der Waals surface area contributed by atoms with Crippen molar-refractivity contribution in [3.8, 4) is 5.75 Å². The molecule has 1 aromatic heterocycles. The highest BCUT2D eigenvalue weighted by Gasteiger charge is 2.13. The zero-order chi connectivity index (χ0) is 14.8. The molecule has 1 rings (SSSR count). The molecule has 0 fully saturated rings. The lowest BCUT2D eigenvalue weighted by atomic mass is 10.3. The largest absolute Gasteiger partial charge is 0.479 e. The van der Waals surface area contributed by atoms with Crippen LogP contribution in [0.3, 0.4) is 0 Å². The SMILES string of the molecule is CCCNCc1ccc(OC(C)C(=O)NCCC)cn1. The smallest absolute Gasteiger partial charge is 0.260 e. The van der Waals surface area contributed by atoms with E-state index in [1.807, 2.05) is 19.1 Å². The van der Waals surface area contributed by atoms with Crippen molar-refractivity contribution >= 4 is 5.91 Å². The zero-order valence-corrected chi connectivity index (χ0v) is 12.6. The summed E-state index contributed by atoms with van der Waals surface area (Å²) < 4.78 is 5.56. The fraction of sp³-hybridized carbons (Fsp3) is 0.600. The molecule has 1 amide bonds. The normalized spacial score (nSPS) is 11.9. The Kier molecular flexibility index (Phi) is 7.65. The van der Waals surface area contributed by atoms with E-state index in [1.165, 1.54) is 0 Å². The fourth-order valence-electron chi connectivity index (χ4n) is 1.63. The first-order valence-corrected chi connectivity index (χ1v) is 7.27. The minimum Gasteiger partial charge on any atom is -0.479 e. The molecule has 20 heavy (non-hydrogen) atoms. The lowest BCUT2D eigenvalue weighted by Crippen LogP contribution is -2.36. The van der Waals surface area contributed by atoms with Gasteiger partial charge >= 0.3 is 0 Å². The summed E-state index contributed by atoms with van der Waals surface area (Å²) >= 11 is 0. The molecule has 5 nitrogen and oxygen atoms in total. The van der Waals surface area contributed by atoms with Crippen LogP contribution in [-0.4, -0.2) is 30.1 Å². The molecule has 0 radical (unpaired) electrons. The Morgan fingerprint density at radius 3 is 2.65 bits per heavy atom. The highest BCUT2D eigenvalue weighted by atomic mass is 16.5. The predicted octanol–water partition coefficient (Wildman–Crippen LogP) is 1.87. The van der Waals surface area contributed by atoms with Gasteiger partial charge in [0.2, 0.25) is 0 Å². The molecule has 0 aromatic carbocycles. The number of nitrogens with one attached hydrogen (secondary N) is 2. The molecule has 5 heteroatoms. The number of amides is 1. The summed E-state index contributed by atoms with van der Waals surface area (Å²) in [5.74, 6) is 0.518. The Morgan fingerprint density at radius 2 is 2.05 bits per heavy atom. The lowest BCUT2D eigenvalue weighted by Gasteiger charge is -2.14. The second-order valence-corrected chi connectivity index (χ2v) is 4.71. The average molecular weight is 279 g/mol. The van der Waals surface area contributed by atoms with Crippen LogP contribution in [-0.2, 0) is 11.3 Å². The molecule has 1 unspecified atom stereocenters. The number of carbonyl (C=O) groups excluding carboxylic acids is 1. The van der Waals surface area contributed by atoms with Crippen molar-refractivity contribution in [3.05, 3.63) is 24.0 Å². The highest BCUT2D eigenvalue weighted by Crippen LogP contribution is 2.11. The van der Waals surface area contributed by atoms with Gasteiger partial charge in [0.25, 0.3) is 5.91 Å². The number of hydrogen-bond acceptors (Lipinski definition) is 4. The Hall–Kier alpha value is -1.62. The molecule has 1 aromatic rings. The van der Waals surface area contributed by atoms with Crippen LogP contribution in [0.5, 0.6) is 5.75 Å². The fourth-order valence-corrected chi connectivity index (χ4v) is 1.63. The number of nitrogens with zero attached hydrogens (tertiary/aromatic N) is 1. The van der Waals surface area contributed by atoms with E-state index in [0.717, 1.165) is 31.6 Å². The van der Waals surface area contributed by atoms with Crippen LogP contribution >= 0.6 is 0 Å². The molecule has 0 saturated carbocycles. The van der Waals surface area contributed by atoms with Gasteiger partial charge in [0, 0.05) is 13.1 Å². The Balaban J connectivity index is 2.42. The standard InChI is InChI=1S/C15H25N3O2/c1-4-8-16-10-13-6-7-14(11-18-13)20-12(3)15(19)17-9-5-2/h6-7,11-12,16H,4-5,8-10H2,1-3H3,(H,17,19). The molecule has 0 spiro atoms. The van der Waals surface area contributed by atoms with Crippen molar-refractivity contribution in [1.29, 1.82) is 0 Å². The molecule has 0 aliphatic heterocycles. The van der Waals surface area contributed by atoms with Gasteiger partial charge in [-0.15, -0.1) is 0 Å². The Labute approximate surface area is 121 Å². The third-order valence-electron chi connectivity index (χ3n) is 2.76. The number of hydrogen-bond donors (Lipinski definition) is 2. The molecule has 0 bridgehead atoms. The predicted molar refractivity (Wildman–Crippen MR) is 79.6 cm³/mol. The first-order valence-electron chi connectivity index (χ1n) is 7.27. The minimum atomic E-state index is -0.507.